The van der Waals surface area contributed by atoms with Gasteiger partial charge in [-0.2, -0.15) is 0 Å². The predicted molar refractivity (Wildman–Crippen MR) is 106 cm³/mol. The van der Waals surface area contributed by atoms with Crippen molar-refractivity contribution in [2.75, 3.05) is 18.4 Å². The van der Waals surface area contributed by atoms with E-state index in [9.17, 15) is 4.79 Å². The summed E-state index contributed by atoms with van der Waals surface area (Å²) in [5, 5.41) is 11.6. The average molecular weight is 361 g/mol. The third-order valence-electron chi connectivity index (χ3n) is 4.92. The molecule has 27 heavy (non-hydrogen) atoms. The third kappa shape index (κ3) is 4.41. The molecule has 3 aromatic rings. The Morgan fingerprint density at radius 3 is 2.30 bits per heavy atom. The standard InChI is InChI=1S/C21H23N5O/c27-20-19(17-9-5-2-6-10-17)24-25-21(23-20)22-18-11-13-26(14-12-18)15-16-7-3-1-4-8-16/h1-10,18H,11-15H2,(H2,22,23,25,27). The SMILES string of the molecule is O=c1[nH]c(NC2CCN(Cc3ccccc3)CC2)nnc1-c1ccccc1. The molecule has 6 nitrogen and oxygen atoms in total. The van der Waals surface area contributed by atoms with Gasteiger partial charge in [0.1, 0.15) is 0 Å². The van der Waals surface area contributed by atoms with Gasteiger partial charge in [-0.3, -0.25) is 14.7 Å². The molecule has 6 heteroatoms. The molecule has 0 aliphatic carbocycles. The van der Waals surface area contributed by atoms with Crippen molar-refractivity contribution in [3.63, 3.8) is 0 Å². The van der Waals surface area contributed by atoms with Gasteiger partial charge >= 0.3 is 0 Å². The largest absolute Gasteiger partial charge is 0.352 e. The van der Waals surface area contributed by atoms with Crippen molar-refractivity contribution in [2.24, 2.45) is 0 Å². The first-order valence-electron chi connectivity index (χ1n) is 9.33. The van der Waals surface area contributed by atoms with Gasteiger partial charge in [0.05, 0.1) is 0 Å². The quantitative estimate of drug-likeness (QED) is 0.731. The summed E-state index contributed by atoms with van der Waals surface area (Å²) < 4.78 is 0. The summed E-state index contributed by atoms with van der Waals surface area (Å²) in [6.07, 6.45) is 2.02. The monoisotopic (exact) mass is 361 g/mol. The summed E-state index contributed by atoms with van der Waals surface area (Å²) in [5.41, 5.74) is 2.24. The summed E-state index contributed by atoms with van der Waals surface area (Å²) in [4.78, 5) is 17.6. The zero-order chi connectivity index (χ0) is 18.5. The lowest BCUT2D eigenvalue weighted by atomic mass is 10.0. The van der Waals surface area contributed by atoms with Crippen LogP contribution >= 0.6 is 0 Å². The second-order valence-electron chi connectivity index (χ2n) is 6.90. The van der Waals surface area contributed by atoms with Crippen molar-refractivity contribution in [2.45, 2.75) is 25.4 Å². The summed E-state index contributed by atoms with van der Waals surface area (Å²) in [6, 6.07) is 20.2. The molecular weight excluding hydrogens is 338 g/mol. The van der Waals surface area contributed by atoms with Crippen LogP contribution < -0.4 is 10.9 Å². The third-order valence-corrected chi connectivity index (χ3v) is 4.92. The van der Waals surface area contributed by atoms with Gasteiger partial charge in [0.25, 0.3) is 5.56 Å². The number of likely N-dealkylation sites (tertiary alicyclic amines) is 1. The van der Waals surface area contributed by atoms with Crippen molar-refractivity contribution in [1.82, 2.24) is 20.1 Å². The average Bonchev–Trinajstić information content (AvgIpc) is 2.71. The van der Waals surface area contributed by atoms with Crippen LogP contribution in [0.5, 0.6) is 0 Å². The van der Waals surface area contributed by atoms with Gasteiger partial charge in [0.2, 0.25) is 5.95 Å². The lowest BCUT2D eigenvalue weighted by molar-refractivity contribution is 0.211. The number of rotatable bonds is 5. The van der Waals surface area contributed by atoms with Crippen LogP contribution in [0.4, 0.5) is 5.95 Å². The molecule has 1 aliphatic heterocycles. The maximum Gasteiger partial charge on any atom is 0.279 e. The van der Waals surface area contributed by atoms with Gasteiger partial charge in [0, 0.05) is 31.2 Å². The Morgan fingerprint density at radius 2 is 1.63 bits per heavy atom. The van der Waals surface area contributed by atoms with Crippen LogP contribution in [-0.4, -0.2) is 39.2 Å². The number of anilines is 1. The molecule has 1 fully saturated rings. The molecule has 1 aliphatic rings. The van der Waals surface area contributed by atoms with E-state index in [0.717, 1.165) is 38.0 Å². The Labute approximate surface area is 158 Å². The molecule has 2 aromatic carbocycles. The van der Waals surface area contributed by atoms with E-state index in [4.69, 9.17) is 0 Å². The lowest BCUT2D eigenvalue weighted by Crippen LogP contribution is -2.39. The number of aromatic amines is 1. The number of piperidine rings is 1. The van der Waals surface area contributed by atoms with E-state index in [0.29, 0.717) is 17.7 Å². The first kappa shape index (κ1) is 17.4. The van der Waals surface area contributed by atoms with Crippen molar-refractivity contribution >= 4 is 5.95 Å². The van der Waals surface area contributed by atoms with E-state index >= 15 is 0 Å². The first-order valence-corrected chi connectivity index (χ1v) is 9.33. The van der Waals surface area contributed by atoms with Crippen molar-refractivity contribution < 1.29 is 0 Å². The fourth-order valence-corrected chi connectivity index (χ4v) is 3.46. The summed E-state index contributed by atoms with van der Waals surface area (Å²) in [5.74, 6) is 0.446. The maximum atomic E-state index is 12.3. The van der Waals surface area contributed by atoms with Gasteiger partial charge in [-0.25, -0.2) is 0 Å². The number of H-pyrrole nitrogens is 1. The molecule has 1 saturated heterocycles. The number of aromatic nitrogens is 3. The molecule has 0 saturated carbocycles. The molecule has 1 aromatic heterocycles. The Bertz CT molecular complexity index is 918. The van der Waals surface area contributed by atoms with Gasteiger partial charge in [-0.15, -0.1) is 10.2 Å². The van der Waals surface area contributed by atoms with Crippen LogP contribution in [-0.2, 0) is 6.54 Å². The fourth-order valence-electron chi connectivity index (χ4n) is 3.46. The minimum absolute atomic E-state index is 0.222. The molecular formula is C21H23N5O. The Hall–Kier alpha value is -2.99. The number of benzene rings is 2. The van der Waals surface area contributed by atoms with E-state index in [1.165, 1.54) is 5.56 Å². The highest BCUT2D eigenvalue weighted by Gasteiger charge is 2.20. The minimum Gasteiger partial charge on any atom is -0.352 e. The zero-order valence-corrected chi connectivity index (χ0v) is 15.1. The molecule has 2 heterocycles. The smallest absolute Gasteiger partial charge is 0.279 e. The predicted octanol–water partition coefficient (Wildman–Crippen LogP) is 2.91. The van der Waals surface area contributed by atoms with E-state index < -0.39 is 0 Å². The van der Waals surface area contributed by atoms with Crippen LogP contribution in [0, 0.1) is 0 Å². The van der Waals surface area contributed by atoms with E-state index in [1.807, 2.05) is 36.4 Å². The second kappa shape index (κ2) is 8.14. The van der Waals surface area contributed by atoms with Gasteiger partial charge < -0.3 is 5.32 Å². The summed E-state index contributed by atoms with van der Waals surface area (Å²) >= 11 is 0. The highest BCUT2D eigenvalue weighted by Crippen LogP contribution is 2.16. The highest BCUT2D eigenvalue weighted by molar-refractivity contribution is 5.57. The van der Waals surface area contributed by atoms with Gasteiger partial charge in [-0.1, -0.05) is 60.7 Å². The van der Waals surface area contributed by atoms with Crippen molar-refractivity contribution in [3.8, 4) is 11.3 Å². The zero-order valence-electron chi connectivity index (χ0n) is 15.1. The molecule has 2 N–H and O–H groups in total. The number of hydrogen-bond acceptors (Lipinski definition) is 5. The first-order chi connectivity index (χ1) is 13.3. The Balaban J connectivity index is 1.34. The summed E-state index contributed by atoms with van der Waals surface area (Å²) in [7, 11) is 0. The summed E-state index contributed by atoms with van der Waals surface area (Å²) in [6.45, 7) is 3.02. The Kier molecular flexibility index (Phi) is 5.25. The van der Waals surface area contributed by atoms with E-state index in [1.54, 1.807) is 0 Å². The van der Waals surface area contributed by atoms with Crippen LogP contribution in [0.3, 0.4) is 0 Å². The van der Waals surface area contributed by atoms with Gasteiger partial charge in [0.15, 0.2) is 5.69 Å². The molecule has 0 amide bonds. The topological polar surface area (TPSA) is 73.9 Å². The van der Waals surface area contributed by atoms with Crippen LogP contribution in [0.25, 0.3) is 11.3 Å². The molecule has 138 valence electrons. The van der Waals surface area contributed by atoms with Gasteiger partial charge in [-0.05, 0) is 18.4 Å². The lowest BCUT2D eigenvalue weighted by Gasteiger charge is -2.32. The molecule has 0 spiro atoms. The minimum atomic E-state index is -0.222. The maximum absolute atomic E-state index is 12.3. The Morgan fingerprint density at radius 1 is 0.963 bits per heavy atom. The highest BCUT2D eigenvalue weighted by atomic mass is 16.1. The molecule has 0 bridgehead atoms. The molecule has 0 radical (unpaired) electrons. The molecule has 0 atom stereocenters. The normalized spacial score (nSPS) is 15.6. The van der Waals surface area contributed by atoms with Crippen LogP contribution in [0.1, 0.15) is 18.4 Å². The number of hydrogen-bond donors (Lipinski definition) is 2. The number of nitrogens with zero attached hydrogens (tertiary/aromatic N) is 3. The molecule has 4 rings (SSSR count). The fraction of sp³-hybridized carbons (Fsp3) is 0.286. The van der Waals surface area contributed by atoms with E-state index in [2.05, 4.69) is 49.7 Å². The van der Waals surface area contributed by atoms with E-state index in [-0.39, 0.29) is 5.56 Å². The van der Waals surface area contributed by atoms with Crippen molar-refractivity contribution in [1.29, 1.82) is 0 Å². The second-order valence-corrected chi connectivity index (χ2v) is 6.90. The molecule has 0 unspecified atom stereocenters. The van der Waals surface area contributed by atoms with Crippen molar-refractivity contribution in [3.05, 3.63) is 76.6 Å². The van der Waals surface area contributed by atoms with Crippen LogP contribution in [0.2, 0.25) is 0 Å². The van der Waals surface area contributed by atoms with Crippen LogP contribution in [0.15, 0.2) is 65.5 Å². The number of nitrogens with one attached hydrogen (secondary N) is 2.